The molecular formula is C16H22N2O3S. The highest BCUT2D eigenvalue weighted by atomic mass is 32.2. The zero-order valence-corrected chi connectivity index (χ0v) is 13.4. The minimum absolute atomic E-state index is 0.138. The smallest absolute Gasteiger partial charge is 0.282 e. The van der Waals surface area contributed by atoms with Crippen LogP contribution >= 0.6 is 0 Å². The highest BCUT2D eigenvalue weighted by molar-refractivity contribution is 7.86. The molecule has 1 aliphatic carbocycles. The Hall–Kier alpha value is -1.11. The molecule has 4 rings (SSSR count). The molecule has 3 aliphatic rings. The first-order valence-electron chi connectivity index (χ1n) is 8.11. The van der Waals surface area contributed by atoms with Crippen LogP contribution in [0.4, 0.5) is 0 Å². The van der Waals surface area contributed by atoms with Gasteiger partial charge in [0.05, 0.1) is 12.3 Å². The second-order valence-corrected chi connectivity index (χ2v) is 8.45. The van der Waals surface area contributed by atoms with Gasteiger partial charge in [0.2, 0.25) is 0 Å². The topological polar surface area (TPSA) is 53.8 Å². The summed E-state index contributed by atoms with van der Waals surface area (Å²) in [6.07, 6.45) is 9.77. The van der Waals surface area contributed by atoms with Crippen LogP contribution in [0, 0.1) is 11.8 Å². The minimum Gasteiger partial charge on any atom is -0.468 e. The van der Waals surface area contributed by atoms with Gasteiger partial charge < -0.3 is 4.42 Å². The van der Waals surface area contributed by atoms with Crippen molar-refractivity contribution in [2.45, 2.75) is 31.7 Å². The van der Waals surface area contributed by atoms with Crippen molar-refractivity contribution in [1.29, 1.82) is 0 Å². The minimum atomic E-state index is -3.39. The van der Waals surface area contributed by atoms with Crippen LogP contribution in [0.25, 0.3) is 0 Å². The van der Waals surface area contributed by atoms with E-state index in [1.165, 1.54) is 0 Å². The number of hydrogen-bond acceptors (Lipinski definition) is 3. The summed E-state index contributed by atoms with van der Waals surface area (Å²) in [6.45, 7) is 1.93. The van der Waals surface area contributed by atoms with E-state index < -0.39 is 10.2 Å². The Morgan fingerprint density at radius 3 is 2.50 bits per heavy atom. The summed E-state index contributed by atoms with van der Waals surface area (Å²) in [5, 5.41) is 0. The summed E-state index contributed by atoms with van der Waals surface area (Å²) in [7, 11) is -3.39. The third kappa shape index (κ3) is 2.33. The molecule has 22 heavy (non-hydrogen) atoms. The highest BCUT2D eigenvalue weighted by Crippen LogP contribution is 2.39. The molecule has 0 aromatic carbocycles. The van der Waals surface area contributed by atoms with Crippen LogP contribution < -0.4 is 0 Å². The van der Waals surface area contributed by atoms with E-state index in [4.69, 9.17) is 4.42 Å². The molecular weight excluding hydrogens is 300 g/mol. The zero-order chi connectivity index (χ0) is 15.2. The maximum absolute atomic E-state index is 13.1. The van der Waals surface area contributed by atoms with Crippen molar-refractivity contribution in [3.05, 3.63) is 36.3 Å². The van der Waals surface area contributed by atoms with Gasteiger partial charge in [-0.15, -0.1) is 0 Å². The van der Waals surface area contributed by atoms with Crippen molar-refractivity contribution < 1.29 is 12.8 Å². The number of allylic oxidation sites excluding steroid dienone is 2. The lowest BCUT2D eigenvalue weighted by molar-refractivity contribution is 0.310. The molecule has 6 heteroatoms. The second-order valence-electron chi connectivity index (χ2n) is 6.57. The van der Waals surface area contributed by atoms with Crippen molar-refractivity contribution in [3.63, 3.8) is 0 Å². The van der Waals surface area contributed by atoms with Gasteiger partial charge in [0.1, 0.15) is 5.76 Å². The molecule has 0 saturated carbocycles. The summed E-state index contributed by atoms with van der Waals surface area (Å²) in [4.78, 5) is 0. The maximum atomic E-state index is 13.1. The van der Waals surface area contributed by atoms with E-state index in [1.54, 1.807) is 14.9 Å². The van der Waals surface area contributed by atoms with Crippen molar-refractivity contribution in [1.82, 2.24) is 8.61 Å². The van der Waals surface area contributed by atoms with Gasteiger partial charge in [-0.3, -0.25) is 0 Å². The summed E-state index contributed by atoms with van der Waals surface area (Å²) < 4.78 is 35.0. The second kappa shape index (κ2) is 5.51. The van der Waals surface area contributed by atoms with Crippen molar-refractivity contribution in [2.24, 2.45) is 11.8 Å². The molecule has 0 amide bonds. The van der Waals surface area contributed by atoms with Gasteiger partial charge >= 0.3 is 0 Å². The van der Waals surface area contributed by atoms with Crippen molar-refractivity contribution in [3.8, 4) is 0 Å². The monoisotopic (exact) mass is 322 g/mol. The Morgan fingerprint density at radius 2 is 1.86 bits per heavy atom. The summed E-state index contributed by atoms with van der Waals surface area (Å²) in [5.41, 5.74) is 0. The molecule has 0 N–H and O–H groups in total. The normalized spacial score (nSPS) is 33.4. The number of hydrogen-bond donors (Lipinski definition) is 0. The van der Waals surface area contributed by atoms with Gasteiger partial charge in [0.25, 0.3) is 10.2 Å². The van der Waals surface area contributed by atoms with Crippen LogP contribution in [-0.2, 0) is 10.2 Å². The van der Waals surface area contributed by atoms with Crippen LogP contribution in [0.15, 0.2) is 35.0 Å². The van der Waals surface area contributed by atoms with Gasteiger partial charge in [-0.1, -0.05) is 12.2 Å². The van der Waals surface area contributed by atoms with Crippen LogP contribution in [0.5, 0.6) is 0 Å². The molecule has 2 fully saturated rings. The standard InChI is InChI=1S/C16H22N2O3S/c19-22(20,17-11-13-5-1-2-6-14(13)12-17)18-9-3-7-15(18)16-8-4-10-21-16/h1-2,4,8,10,13-15H,3,5-7,9,11-12H2/t13-,14+,15-/m0/s1. The fourth-order valence-corrected chi connectivity index (χ4v) is 6.04. The molecule has 3 heterocycles. The first-order chi connectivity index (χ1) is 10.7. The summed E-state index contributed by atoms with van der Waals surface area (Å²) in [5.74, 6) is 1.74. The van der Waals surface area contributed by atoms with Crippen molar-refractivity contribution in [2.75, 3.05) is 19.6 Å². The predicted octanol–water partition coefficient (Wildman–Crippen LogP) is 2.56. The lowest BCUT2D eigenvalue weighted by Crippen LogP contribution is -2.42. The first-order valence-corrected chi connectivity index (χ1v) is 9.51. The fraction of sp³-hybridized carbons (Fsp3) is 0.625. The van der Waals surface area contributed by atoms with Crippen LogP contribution in [-0.4, -0.2) is 36.7 Å². The van der Waals surface area contributed by atoms with E-state index in [1.807, 2.05) is 12.1 Å². The average Bonchev–Trinajstić information content (AvgIpc) is 3.25. The van der Waals surface area contributed by atoms with E-state index in [9.17, 15) is 8.42 Å². The van der Waals surface area contributed by atoms with Gasteiger partial charge in [0.15, 0.2) is 0 Å². The Morgan fingerprint density at radius 1 is 1.14 bits per heavy atom. The van der Waals surface area contributed by atoms with Crippen LogP contribution in [0.3, 0.4) is 0 Å². The van der Waals surface area contributed by atoms with E-state index in [0.29, 0.717) is 31.5 Å². The quantitative estimate of drug-likeness (QED) is 0.804. The average molecular weight is 322 g/mol. The first kappa shape index (κ1) is 14.5. The van der Waals surface area contributed by atoms with E-state index in [0.717, 1.165) is 31.4 Å². The fourth-order valence-electron chi connectivity index (χ4n) is 4.09. The third-order valence-electron chi connectivity index (χ3n) is 5.29. The lowest BCUT2D eigenvalue weighted by Gasteiger charge is -2.27. The van der Waals surface area contributed by atoms with Gasteiger partial charge in [-0.05, 0) is 49.7 Å². The molecule has 5 nitrogen and oxygen atoms in total. The number of furan rings is 1. The third-order valence-corrected chi connectivity index (χ3v) is 7.27. The predicted molar refractivity (Wildman–Crippen MR) is 83.2 cm³/mol. The van der Waals surface area contributed by atoms with Gasteiger partial charge in [0, 0.05) is 19.6 Å². The summed E-state index contributed by atoms with van der Waals surface area (Å²) in [6, 6.07) is 3.57. The Labute approximate surface area is 131 Å². The Balaban J connectivity index is 1.56. The molecule has 0 spiro atoms. The van der Waals surface area contributed by atoms with Gasteiger partial charge in [-0.2, -0.15) is 17.0 Å². The molecule has 3 atom stereocenters. The molecule has 1 aromatic rings. The Bertz CT molecular complexity index is 637. The summed E-state index contributed by atoms with van der Waals surface area (Å²) >= 11 is 0. The van der Waals surface area contributed by atoms with E-state index >= 15 is 0 Å². The molecule has 0 bridgehead atoms. The number of fused-ring (bicyclic) bond motifs is 1. The molecule has 0 unspecified atom stereocenters. The largest absolute Gasteiger partial charge is 0.468 e. The van der Waals surface area contributed by atoms with E-state index in [2.05, 4.69) is 12.2 Å². The molecule has 0 radical (unpaired) electrons. The molecule has 1 aromatic heterocycles. The van der Waals surface area contributed by atoms with Crippen molar-refractivity contribution >= 4 is 10.2 Å². The highest BCUT2D eigenvalue weighted by Gasteiger charge is 2.45. The SMILES string of the molecule is O=S(=O)(N1C[C@H]2CC=CC[C@H]2C1)N1CCC[C@H]1c1ccco1. The van der Waals surface area contributed by atoms with Gasteiger partial charge in [-0.25, -0.2) is 0 Å². The maximum Gasteiger partial charge on any atom is 0.282 e. The van der Waals surface area contributed by atoms with E-state index in [-0.39, 0.29) is 6.04 Å². The molecule has 2 saturated heterocycles. The molecule has 2 aliphatic heterocycles. The number of nitrogens with zero attached hydrogens (tertiary/aromatic N) is 2. The van der Waals surface area contributed by atoms with Crippen LogP contribution in [0.2, 0.25) is 0 Å². The lowest BCUT2D eigenvalue weighted by atomic mass is 9.86. The Kier molecular flexibility index (Phi) is 3.63. The zero-order valence-electron chi connectivity index (χ0n) is 12.6. The van der Waals surface area contributed by atoms with Crippen LogP contribution in [0.1, 0.15) is 37.5 Å². The number of rotatable bonds is 3. The molecule has 120 valence electrons.